The smallest absolute Gasteiger partial charge is 0.340 e. The number of hydrazine groups is 1. The highest BCUT2D eigenvalue weighted by molar-refractivity contribution is 7.22. The maximum atomic E-state index is 15.3. The zero-order valence-corrected chi connectivity index (χ0v) is 34.3. The molecule has 0 bridgehead atoms. The third-order valence-electron chi connectivity index (χ3n) is 9.75. The average molecular weight is 813 g/mol. The molecule has 2 amide bonds. The molecule has 0 radical (unpaired) electrons. The summed E-state index contributed by atoms with van der Waals surface area (Å²) in [6.07, 6.45) is 0. The first-order valence-electron chi connectivity index (χ1n) is 18.6. The third-order valence-corrected chi connectivity index (χ3v) is 11.1. The SMILES string of the molecule is CCNC(=O)N(Nc1ccc(OC)c(C)c1)c1ccc(-c2sc3c(c2CN(C)CCOC)c(=O)n(-c2ccc(OC)c(C)c2)c(=O)n3Cc2c(F)cccc2F)cc1. The van der Waals surface area contributed by atoms with Crippen LogP contribution in [0.1, 0.15) is 29.2 Å². The van der Waals surface area contributed by atoms with Crippen molar-refractivity contribution in [3.63, 3.8) is 0 Å². The van der Waals surface area contributed by atoms with Crippen LogP contribution in [0, 0.1) is 25.5 Å². The van der Waals surface area contributed by atoms with E-state index in [1.807, 2.05) is 56.1 Å². The lowest BCUT2D eigenvalue weighted by Crippen LogP contribution is -2.43. The first-order chi connectivity index (χ1) is 27.9. The van der Waals surface area contributed by atoms with Crippen molar-refractivity contribution in [1.29, 1.82) is 0 Å². The second-order valence-electron chi connectivity index (χ2n) is 13.7. The zero-order valence-electron chi connectivity index (χ0n) is 33.4. The van der Waals surface area contributed by atoms with Crippen molar-refractivity contribution in [3.05, 3.63) is 134 Å². The van der Waals surface area contributed by atoms with Crippen molar-refractivity contribution in [2.45, 2.75) is 33.9 Å². The van der Waals surface area contributed by atoms with E-state index in [1.165, 1.54) is 34.1 Å². The summed E-state index contributed by atoms with van der Waals surface area (Å²) < 4.78 is 49.0. The Morgan fingerprint density at radius 2 is 1.52 bits per heavy atom. The lowest BCUT2D eigenvalue weighted by atomic mass is 10.1. The molecule has 0 aliphatic heterocycles. The van der Waals surface area contributed by atoms with E-state index in [9.17, 15) is 14.4 Å². The van der Waals surface area contributed by atoms with Gasteiger partial charge in [0, 0.05) is 37.2 Å². The Hall–Kier alpha value is -6.03. The van der Waals surface area contributed by atoms with Crippen LogP contribution < -0.4 is 36.5 Å². The van der Waals surface area contributed by atoms with Crippen LogP contribution in [-0.2, 0) is 17.8 Å². The molecular weight excluding hydrogens is 767 g/mol. The lowest BCUT2D eigenvalue weighted by Gasteiger charge is -2.25. The van der Waals surface area contributed by atoms with Crippen molar-refractivity contribution in [2.75, 3.05) is 58.5 Å². The Bertz CT molecular complexity index is 2550. The molecule has 15 heteroatoms. The van der Waals surface area contributed by atoms with Gasteiger partial charge in [-0.1, -0.05) is 18.2 Å². The van der Waals surface area contributed by atoms with Gasteiger partial charge in [-0.15, -0.1) is 11.3 Å². The van der Waals surface area contributed by atoms with Gasteiger partial charge in [-0.2, -0.15) is 0 Å². The number of methoxy groups -OCH3 is 3. The van der Waals surface area contributed by atoms with Crippen LogP contribution in [0.4, 0.5) is 25.0 Å². The number of aryl methyl sites for hydroxylation is 2. The van der Waals surface area contributed by atoms with Crippen LogP contribution in [-0.4, -0.2) is 68.1 Å². The van der Waals surface area contributed by atoms with E-state index in [-0.39, 0.29) is 34.0 Å². The van der Waals surface area contributed by atoms with Crippen LogP contribution >= 0.6 is 11.3 Å². The molecule has 2 heterocycles. The Labute approximate surface area is 338 Å². The van der Waals surface area contributed by atoms with E-state index in [0.717, 1.165) is 22.3 Å². The number of ether oxygens (including phenoxy) is 3. The van der Waals surface area contributed by atoms with Gasteiger partial charge in [0.1, 0.15) is 28.0 Å². The molecular formula is C43H46F2N6O6S. The molecule has 6 rings (SSSR count). The molecule has 0 unspecified atom stereocenters. The lowest BCUT2D eigenvalue weighted by molar-refractivity contribution is 0.159. The molecule has 0 fully saturated rings. The zero-order chi connectivity index (χ0) is 41.7. The molecule has 0 saturated heterocycles. The molecule has 0 aliphatic rings. The van der Waals surface area contributed by atoms with Crippen molar-refractivity contribution < 1.29 is 27.8 Å². The van der Waals surface area contributed by atoms with Gasteiger partial charge in [-0.25, -0.2) is 27.9 Å². The average Bonchev–Trinajstić information content (AvgIpc) is 3.57. The van der Waals surface area contributed by atoms with Gasteiger partial charge in [-0.3, -0.25) is 19.7 Å². The topological polar surface area (TPSA) is 119 Å². The summed E-state index contributed by atoms with van der Waals surface area (Å²) in [5, 5.41) is 4.48. The van der Waals surface area contributed by atoms with Crippen molar-refractivity contribution in [3.8, 4) is 27.6 Å². The quantitative estimate of drug-likeness (QED) is 0.103. The molecule has 304 valence electrons. The van der Waals surface area contributed by atoms with Crippen molar-refractivity contribution >= 4 is 39.0 Å². The normalized spacial score (nSPS) is 11.3. The second-order valence-corrected chi connectivity index (χ2v) is 14.7. The number of aromatic nitrogens is 2. The Balaban J connectivity index is 1.57. The van der Waals surface area contributed by atoms with Gasteiger partial charge >= 0.3 is 11.7 Å². The molecule has 6 aromatic rings. The predicted octanol–water partition coefficient (Wildman–Crippen LogP) is 7.48. The minimum absolute atomic E-state index is 0.235. The Morgan fingerprint density at radius 1 is 0.862 bits per heavy atom. The molecule has 0 saturated carbocycles. The molecule has 2 N–H and O–H groups in total. The van der Waals surface area contributed by atoms with Crippen molar-refractivity contribution in [2.24, 2.45) is 0 Å². The molecule has 4 aromatic carbocycles. The Morgan fingerprint density at radius 3 is 2.12 bits per heavy atom. The summed E-state index contributed by atoms with van der Waals surface area (Å²) in [6, 6.07) is 20.8. The van der Waals surface area contributed by atoms with E-state index in [4.69, 9.17) is 14.2 Å². The van der Waals surface area contributed by atoms with Crippen LogP contribution in [0.2, 0.25) is 0 Å². The van der Waals surface area contributed by atoms with Gasteiger partial charge in [0.25, 0.3) is 5.56 Å². The first-order valence-corrected chi connectivity index (χ1v) is 19.4. The molecule has 12 nitrogen and oxygen atoms in total. The first kappa shape index (κ1) is 41.6. The molecule has 0 aliphatic carbocycles. The number of amides is 2. The monoisotopic (exact) mass is 812 g/mol. The number of rotatable bonds is 15. The number of halogens is 2. The fourth-order valence-corrected chi connectivity index (χ4v) is 8.06. The summed E-state index contributed by atoms with van der Waals surface area (Å²) in [5.74, 6) is -0.365. The summed E-state index contributed by atoms with van der Waals surface area (Å²) in [4.78, 5) is 45.6. The number of thiophene rings is 1. The van der Waals surface area contributed by atoms with E-state index < -0.39 is 29.4 Å². The van der Waals surface area contributed by atoms with Gasteiger partial charge in [0.05, 0.1) is 49.8 Å². The number of likely N-dealkylation sites (N-methyl/N-ethyl adjacent to an activating group) is 1. The third kappa shape index (κ3) is 8.47. The molecule has 2 aromatic heterocycles. The van der Waals surface area contributed by atoms with Crippen LogP contribution in [0.3, 0.4) is 0 Å². The van der Waals surface area contributed by atoms with Crippen LogP contribution in [0.25, 0.3) is 26.3 Å². The predicted molar refractivity (Wildman–Crippen MR) is 225 cm³/mol. The summed E-state index contributed by atoms with van der Waals surface area (Å²) in [5.41, 5.74) is 5.87. The van der Waals surface area contributed by atoms with E-state index in [2.05, 4.69) is 10.7 Å². The van der Waals surface area contributed by atoms with Gasteiger partial charge in [0.2, 0.25) is 0 Å². The summed E-state index contributed by atoms with van der Waals surface area (Å²) >= 11 is 1.18. The Kier molecular flexibility index (Phi) is 12.9. The maximum absolute atomic E-state index is 15.3. The number of carbonyl (C=O) groups is 1. The summed E-state index contributed by atoms with van der Waals surface area (Å²) in [6.45, 7) is 6.66. The van der Waals surface area contributed by atoms with Crippen molar-refractivity contribution in [1.82, 2.24) is 19.4 Å². The minimum Gasteiger partial charge on any atom is -0.496 e. The van der Waals surface area contributed by atoms with E-state index >= 15 is 8.78 Å². The number of anilines is 2. The fourth-order valence-electron chi connectivity index (χ4n) is 6.76. The highest BCUT2D eigenvalue weighted by Crippen LogP contribution is 2.39. The van der Waals surface area contributed by atoms with Gasteiger partial charge < -0.3 is 19.5 Å². The van der Waals surface area contributed by atoms with Crippen LogP contribution in [0.15, 0.2) is 88.5 Å². The number of benzene rings is 4. The molecule has 0 spiro atoms. The number of urea groups is 1. The van der Waals surface area contributed by atoms with E-state index in [1.54, 1.807) is 51.5 Å². The second kappa shape index (κ2) is 18.1. The number of hydrogen-bond acceptors (Lipinski definition) is 9. The molecule has 0 atom stereocenters. The number of nitrogens with zero attached hydrogens (tertiary/aromatic N) is 4. The maximum Gasteiger partial charge on any atom is 0.340 e. The number of nitrogens with one attached hydrogen (secondary N) is 2. The van der Waals surface area contributed by atoms with Gasteiger partial charge in [0.15, 0.2) is 0 Å². The standard InChI is InChI=1S/C43H46F2N6O6S/c1-8-46-42(53)51(47-29-14-18-36(56-6)26(2)22-29)30-15-12-28(13-16-30)39-33(24-48(4)20-21-55-5)38-40(52)50(31-17-19-37(57-7)27(3)23-31)43(54)49(41(38)58-39)25-32-34(44)10-9-11-35(32)45/h9-19,22-23,47H,8,20-21,24-25H2,1-7H3,(H,46,53). The van der Waals surface area contributed by atoms with Crippen LogP contribution in [0.5, 0.6) is 11.5 Å². The van der Waals surface area contributed by atoms with Gasteiger partial charge in [-0.05, 0) is 111 Å². The molecule has 58 heavy (non-hydrogen) atoms. The largest absolute Gasteiger partial charge is 0.496 e. The number of carbonyl (C=O) groups excluding carboxylic acids is 1. The summed E-state index contributed by atoms with van der Waals surface area (Å²) in [7, 11) is 6.61. The number of hydrogen-bond donors (Lipinski definition) is 2. The fraction of sp³-hybridized carbons (Fsp3) is 0.279. The van der Waals surface area contributed by atoms with E-state index in [0.29, 0.717) is 64.1 Å². The minimum atomic E-state index is -0.819. The highest BCUT2D eigenvalue weighted by atomic mass is 32.1. The highest BCUT2D eigenvalue weighted by Gasteiger charge is 2.26. The number of fused-ring (bicyclic) bond motifs is 1.